The average Bonchev–Trinajstić information content (AvgIpc) is 2.99. The lowest BCUT2D eigenvalue weighted by Crippen LogP contribution is -1.92. The van der Waals surface area contributed by atoms with Crippen LogP contribution in [0.1, 0.15) is 0 Å². The van der Waals surface area contributed by atoms with Gasteiger partial charge in [-0.05, 0) is 35.0 Å². The smallest absolute Gasteiger partial charge is 0.161 e. The number of benzene rings is 1. The van der Waals surface area contributed by atoms with Crippen molar-refractivity contribution in [1.29, 1.82) is 0 Å². The van der Waals surface area contributed by atoms with E-state index in [1.54, 1.807) is 25.6 Å². The number of fused-ring (bicyclic) bond motifs is 1. The monoisotopic (exact) mass is 271 g/mol. The van der Waals surface area contributed by atoms with Crippen LogP contribution in [0.5, 0.6) is 11.5 Å². The first-order chi connectivity index (χ1) is 9.33. The molecule has 3 rings (SSSR count). The Kier molecular flexibility index (Phi) is 3.09. The topological polar surface area (TPSA) is 31.4 Å². The lowest BCUT2D eigenvalue weighted by Gasteiger charge is -2.10. The van der Waals surface area contributed by atoms with Gasteiger partial charge in [0.1, 0.15) is 0 Å². The van der Waals surface area contributed by atoms with Gasteiger partial charge in [0.2, 0.25) is 0 Å². The van der Waals surface area contributed by atoms with E-state index in [4.69, 9.17) is 9.47 Å². The van der Waals surface area contributed by atoms with Crippen molar-refractivity contribution in [2.24, 2.45) is 0 Å². The fourth-order valence-corrected chi connectivity index (χ4v) is 2.84. The molecule has 0 saturated heterocycles. The second-order valence-corrected chi connectivity index (χ2v) is 5.01. The van der Waals surface area contributed by atoms with E-state index in [0.717, 1.165) is 32.8 Å². The Morgan fingerprint density at radius 1 is 1.05 bits per heavy atom. The predicted molar refractivity (Wildman–Crippen MR) is 78.2 cm³/mol. The Morgan fingerprint density at radius 3 is 2.53 bits per heavy atom. The van der Waals surface area contributed by atoms with E-state index in [-0.39, 0.29) is 0 Å². The summed E-state index contributed by atoms with van der Waals surface area (Å²) in [5.41, 5.74) is 0.980. The van der Waals surface area contributed by atoms with Crippen LogP contribution < -0.4 is 9.47 Å². The summed E-state index contributed by atoms with van der Waals surface area (Å²) in [6, 6.07) is 10.0. The maximum Gasteiger partial charge on any atom is 0.161 e. The Bertz CT molecular complexity index is 707. The van der Waals surface area contributed by atoms with Crippen molar-refractivity contribution in [2.75, 3.05) is 14.2 Å². The molecule has 4 heteroatoms. The van der Waals surface area contributed by atoms with Gasteiger partial charge in [-0.3, -0.25) is 4.98 Å². The van der Waals surface area contributed by atoms with Crippen molar-refractivity contribution in [1.82, 2.24) is 4.98 Å². The molecule has 0 amide bonds. The number of nitrogens with zero attached hydrogens (tertiary/aromatic N) is 1. The van der Waals surface area contributed by atoms with Crippen molar-refractivity contribution in [2.45, 2.75) is 0 Å². The molecule has 0 unspecified atom stereocenters. The molecule has 2 heterocycles. The molecular formula is C15H13NO2S. The molecule has 0 aliphatic carbocycles. The minimum Gasteiger partial charge on any atom is -0.493 e. The highest BCUT2D eigenvalue weighted by molar-refractivity contribution is 7.13. The summed E-state index contributed by atoms with van der Waals surface area (Å²) in [5.74, 6) is 1.46. The number of hydrogen-bond acceptors (Lipinski definition) is 4. The standard InChI is InChI=1S/C15H13NO2S/c1-17-12-8-10-5-6-16-15(14-4-3-7-19-14)11(10)9-13(12)18-2/h3-9H,1-2H3. The molecule has 0 aliphatic heterocycles. The highest BCUT2D eigenvalue weighted by Crippen LogP contribution is 2.36. The molecule has 0 aliphatic rings. The minimum atomic E-state index is 0.723. The molecule has 0 fully saturated rings. The molecule has 0 radical (unpaired) electrons. The van der Waals surface area contributed by atoms with Gasteiger partial charge in [0.05, 0.1) is 24.8 Å². The first kappa shape index (κ1) is 12.0. The number of aromatic nitrogens is 1. The normalized spacial score (nSPS) is 10.6. The number of pyridine rings is 1. The van der Waals surface area contributed by atoms with E-state index >= 15 is 0 Å². The van der Waals surface area contributed by atoms with E-state index in [2.05, 4.69) is 16.4 Å². The molecule has 0 saturated carbocycles. The number of thiophene rings is 1. The Hall–Kier alpha value is -2.07. The number of ether oxygens (including phenoxy) is 2. The van der Waals surface area contributed by atoms with Crippen LogP contribution in [0, 0.1) is 0 Å². The van der Waals surface area contributed by atoms with Gasteiger partial charge in [0, 0.05) is 11.6 Å². The molecule has 19 heavy (non-hydrogen) atoms. The summed E-state index contributed by atoms with van der Waals surface area (Å²) in [4.78, 5) is 5.65. The second-order valence-electron chi connectivity index (χ2n) is 4.07. The molecule has 1 aromatic carbocycles. The van der Waals surface area contributed by atoms with Crippen LogP contribution in [0.4, 0.5) is 0 Å². The summed E-state index contributed by atoms with van der Waals surface area (Å²) in [6.45, 7) is 0. The van der Waals surface area contributed by atoms with Gasteiger partial charge in [0.15, 0.2) is 11.5 Å². The molecule has 0 spiro atoms. The van der Waals surface area contributed by atoms with E-state index in [9.17, 15) is 0 Å². The summed E-state index contributed by atoms with van der Waals surface area (Å²) in [5, 5.41) is 4.22. The van der Waals surface area contributed by atoms with Crippen molar-refractivity contribution in [3.63, 3.8) is 0 Å². The third-order valence-electron chi connectivity index (χ3n) is 3.02. The van der Waals surface area contributed by atoms with Crippen molar-refractivity contribution in [3.05, 3.63) is 41.9 Å². The fourth-order valence-electron chi connectivity index (χ4n) is 2.11. The molecule has 3 nitrogen and oxygen atoms in total. The number of rotatable bonds is 3. The maximum atomic E-state index is 5.37. The van der Waals surface area contributed by atoms with Crippen LogP contribution in [0.25, 0.3) is 21.3 Å². The van der Waals surface area contributed by atoms with Gasteiger partial charge in [-0.15, -0.1) is 11.3 Å². The quantitative estimate of drug-likeness (QED) is 0.722. The van der Waals surface area contributed by atoms with Gasteiger partial charge < -0.3 is 9.47 Å². The Morgan fingerprint density at radius 2 is 1.84 bits per heavy atom. The third kappa shape index (κ3) is 2.04. The summed E-state index contributed by atoms with van der Waals surface area (Å²) >= 11 is 1.68. The first-order valence-electron chi connectivity index (χ1n) is 5.88. The zero-order chi connectivity index (χ0) is 13.2. The van der Waals surface area contributed by atoms with Crippen LogP contribution in [0.3, 0.4) is 0 Å². The third-order valence-corrected chi connectivity index (χ3v) is 3.90. The van der Waals surface area contributed by atoms with Crippen LogP contribution in [0.15, 0.2) is 41.9 Å². The highest BCUT2D eigenvalue weighted by Gasteiger charge is 2.11. The fraction of sp³-hybridized carbons (Fsp3) is 0.133. The van der Waals surface area contributed by atoms with Crippen LogP contribution in [-0.4, -0.2) is 19.2 Å². The molecule has 0 bridgehead atoms. The zero-order valence-electron chi connectivity index (χ0n) is 10.7. The molecule has 2 aromatic heterocycles. The molecule has 0 atom stereocenters. The van der Waals surface area contributed by atoms with Crippen molar-refractivity contribution in [3.8, 4) is 22.1 Å². The molecule has 3 aromatic rings. The maximum absolute atomic E-state index is 5.37. The second kappa shape index (κ2) is 4.90. The summed E-state index contributed by atoms with van der Waals surface area (Å²) in [7, 11) is 3.29. The first-order valence-corrected chi connectivity index (χ1v) is 6.76. The minimum absolute atomic E-state index is 0.723. The van der Waals surface area contributed by atoms with E-state index in [1.165, 1.54) is 0 Å². The molecule has 96 valence electrons. The van der Waals surface area contributed by atoms with E-state index in [1.807, 2.05) is 30.5 Å². The van der Waals surface area contributed by atoms with Gasteiger partial charge >= 0.3 is 0 Å². The number of methoxy groups -OCH3 is 2. The van der Waals surface area contributed by atoms with Gasteiger partial charge in [-0.1, -0.05) is 6.07 Å². The van der Waals surface area contributed by atoms with Crippen LogP contribution >= 0.6 is 11.3 Å². The molecular weight excluding hydrogens is 258 g/mol. The number of hydrogen-bond donors (Lipinski definition) is 0. The van der Waals surface area contributed by atoms with Gasteiger partial charge in [0.25, 0.3) is 0 Å². The van der Waals surface area contributed by atoms with Crippen molar-refractivity contribution >= 4 is 22.1 Å². The average molecular weight is 271 g/mol. The lowest BCUT2D eigenvalue weighted by molar-refractivity contribution is 0.356. The Labute approximate surface area is 115 Å². The van der Waals surface area contributed by atoms with Crippen LogP contribution in [-0.2, 0) is 0 Å². The van der Waals surface area contributed by atoms with Gasteiger partial charge in [-0.2, -0.15) is 0 Å². The SMILES string of the molecule is COc1cc2ccnc(-c3cccs3)c2cc1OC. The summed E-state index contributed by atoms with van der Waals surface area (Å²) in [6.07, 6.45) is 1.82. The van der Waals surface area contributed by atoms with Crippen molar-refractivity contribution < 1.29 is 9.47 Å². The molecule has 0 N–H and O–H groups in total. The predicted octanol–water partition coefficient (Wildman–Crippen LogP) is 3.98. The summed E-state index contributed by atoms with van der Waals surface area (Å²) < 4.78 is 10.7. The zero-order valence-corrected chi connectivity index (χ0v) is 11.5. The van der Waals surface area contributed by atoms with Crippen LogP contribution in [0.2, 0.25) is 0 Å². The van der Waals surface area contributed by atoms with Gasteiger partial charge in [-0.25, -0.2) is 0 Å². The largest absolute Gasteiger partial charge is 0.493 e. The van der Waals surface area contributed by atoms with E-state index in [0.29, 0.717) is 0 Å². The van der Waals surface area contributed by atoms with E-state index < -0.39 is 0 Å². The lowest BCUT2D eigenvalue weighted by atomic mass is 10.1. The Balaban J connectivity index is 2.30. The highest BCUT2D eigenvalue weighted by atomic mass is 32.1.